The molecule has 1 atom stereocenters. The van der Waals surface area contributed by atoms with Crippen LogP contribution in [-0.2, 0) is 12.8 Å². The van der Waals surface area contributed by atoms with Crippen molar-refractivity contribution in [1.29, 1.82) is 0 Å². The van der Waals surface area contributed by atoms with Gasteiger partial charge in [-0.2, -0.15) is 16.4 Å². The highest BCUT2D eigenvalue weighted by Crippen LogP contribution is 2.19. The first-order chi connectivity index (χ1) is 8.74. The quantitative estimate of drug-likeness (QED) is 0.898. The first-order valence-corrected chi connectivity index (χ1v) is 7.20. The van der Waals surface area contributed by atoms with E-state index in [0.29, 0.717) is 5.95 Å². The Labute approximate surface area is 111 Å². The van der Waals surface area contributed by atoms with E-state index in [-0.39, 0.29) is 6.04 Å². The SMILES string of the molecule is CCc1nnc(NC(C)c2ccsc2)nc1CC. The minimum atomic E-state index is 0.204. The largest absolute Gasteiger partial charge is 0.346 e. The van der Waals surface area contributed by atoms with Gasteiger partial charge in [-0.25, -0.2) is 4.98 Å². The van der Waals surface area contributed by atoms with Crippen molar-refractivity contribution in [2.45, 2.75) is 39.7 Å². The third-order valence-corrected chi connectivity index (χ3v) is 3.60. The first-order valence-electron chi connectivity index (χ1n) is 6.25. The molecule has 1 unspecified atom stereocenters. The molecule has 5 heteroatoms. The van der Waals surface area contributed by atoms with Crippen LogP contribution < -0.4 is 5.32 Å². The lowest BCUT2D eigenvalue weighted by Gasteiger charge is -2.13. The van der Waals surface area contributed by atoms with Gasteiger partial charge in [0.05, 0.1) is 17.4 Å². The summed E-state index contributed by atoms with van der Waals surface area (Å²) in [5.74, 6) is 0.614. The van der Waals surface area contributed by atoms with E-state index in [1.54, 1.807) is 11.3 Å². The highest BCUT2D eigenvalue weighted by Gasteiger charge is 2.10. The van der Waals surface area contributed by atoms with Crippen LogP contribution in [0.5, 0.6) is 0 Å². The second-order valence-electron chi connectivity index (χ2n) is 4.16. The van der Waals surface area contributed by atoms with Crippen LogP contribution in [0.15, 0.2) is 16.8 Å². The molecule has 0 aromatic carbocycles. The molecule has 0 bridgehead atoms. The van der Waals surface area contributed by atoms with Gasteiger partial charge in [0, 0.05) is 0 Å². The number of thiophene rings is 1. The molecule has 0 aliphatic heterocycles. The zero-order valence-electron chi connectivity index (χ0n) is 11.0. The van der Waals surface area contributed by atoms with Gasteiger partial charge in [0.2, 0.25) is 5.95 Å². The lowest BCUT2D eigenvalue weighted by molar-refractivity contribution is 0.791. The van der Waals surface area contributed by atoms with Gasteiger partial charge in [0.15, 0.2) is 0 Å². The van der Waals surface area contributed by atoms with E-state index < -0.39 is 0 Å². The van der Waals surface area contributed by atoms with Crippen molar-refractivity contribution in [2.24, 2.45) is 0 Å². The molecule has 96 valence electrons. The topological polar surface area (TPSA) is 50.7 Å². The monoisotopic (exact) mass is 262 g/mol. The summed E-state index contributed by atoms with van der Waals surface area (Å²) in [6.45, 7) is 6.27. The molecular formula is C13H18N4S. The number of nitrogens with zero attached hydrogens (tertiary/aromatic N) is 3. The molecule has 2 aromatic rings. The zero-order valence-corrected chi connectivity index (χ0v) is 11.8. The van der Waals surface area contributed by atoms with Crippen LogP contribution in [0.2, 0.25) is 0 Å². The van der Waals surface area contributed by atoms with Crippen LogP contribution in [-0.4, -0.2) is 15.2 Å². The van der Waals surface area contributed by atoms with Crippen LogP contribution in [0.1, 0.15) is 43.8 Å². The molecule has 0 saturated carbocycles. The molecule has 0 fully saturated rings. The van der Waals surface area contributed by atoms with Gasteiger partial charge < -0.3 is 5.32 Å². The van der Waals surface area contributed by atoms with Gasteiger partial charge in [0.1, 0.15) is 0 Å². The fourth-order valence-corrected chi connectivity index (χ4v) is 2.55. The first kappa shape index (κ1) is 13.0. The molecule has 2 heterocycles. The zero-order chi connectivity index (χ0) is 13.0. The van der Waals surface area contributed by atoms with Crippen molar-refractivity contribution in [3.05, 3.63) is 33.8 Å². The average Bonchev–Trinajstić information content (AvgIpc) is 2.92. The summed E-state index contributed by atoms with van der Waals surface area (Å²) >= 11 is 1.70. The Bertz CT molecular complexity index is 496. The maximum Gasteiger partial charge on any atom is 0.243 e. The third kappa shape index (κ3) is 2.85. The molecule has 2 rings (SSSR count). The van der Waals surface area contributed by atoms with Gasteiger partial charge in [-0.1, -0.05) is 13.8 Å². The maximum absolute atomic E-state index is 4.53. The van der Waals surface area contributed by atoms with E-state index in [1.807, 2.05) is 0 Å². The molecule has 0 aliphatic rings. The molecule has 0 amide bonds. The summed E-state index contributed by atoms with van der Waals surface area (Å²) in [7, 11) is 0. The Morgan fingerprint density at radius 1 is 1.22 bits per heavy atom. The maximum atomic E-state index is 4.53. The van der Waals surface area contributed by atoms with Crippen LogP contribution >= 0.6 is 11.3 Å². The minimum absolute atomic E-state index is 0.204. The lowest BCUT2D eigenvalue weighted by atomic mass is 10.2. The van der Waals surface area contributed by atoms with Crippen molar-refractivity contribution in [2.75, 3.05) is 5.32 Å². The van der Waals surface area contributed by atoms with E-state index in [9.17, 15) is 0 Å². The standard InChI is InChI=1S/C13H18N4S/c1-4-11-12(5-2)16-17-13(15-11)14-9(3)10-6-7-18-8-10/h6-9H,4-5H2,1-3H3,(H,14,15,17). The van der Waals surface area contributed by atoms with E-state index in [0.717, 1.165) is 24.2 Å². The lowest BCUT2D eigenvalue weighted by Crippen LogP contribution is -2.12. The molecule has 0 spiro atoms. The number of anilines is 1. The van der Waals surface area contributed by atoms with E-state index in [2.05, 4.69) is 58.1 Å². The summed E-state index contributed by atoms with van der Waals surface area (Å²) in [6, 6.07) is 2.31. The number of nitrogens with one attached hydrogen (secondary N) is 1. The molecule has 2 aromatic heterocycles. The van der Waals surface area contributed by atoms with E-state index in [4.69, 9.17) is 0 Å². The van der Waals surface area contributed by atoms with E-state index in [1.165, 1.54) is 5.56 Å². The van der Waals surface area contributed by atoms with E-state index >= 15 is 0 Å². The number of rotatable bonds is 5. The van der Waals surface area contributed by atoms with Crippen LogP contribution in [0, 0.1) is 0 Å². The van der Waals surface area contributed by atoms with Gasteiger partial charge in [-0.15, -0.1) is 5.10 Å². The molecule has 0 radical (unpaired) electrons. The van der Waals surface area contributed by atoms with Crippen molar-refractivity contribution in [3.63, 3.8) is 0 Å². The van der Waals surface area contributed by atoms with Gasteiger partial charge in [0.25, 0.3) is 0 Å². The van der Waals surface area contributed by atoms with Crippen LogP contribution in [0.3, 0.4) is 0 Å². The van der Waals surface area contributed by atoms with Gasteiger partial charge in [-0.3, -0.25) is 0 Å². The minimum Gasteiger partial charge on any atom is -0.346 e. The molecule has 0 aliphatic carbocycles. The van der Waals surface area contributed by atoms with Crippen LogP contribution in [0.25, 0.3) is 0 Å². The summed E-state index contributed by atoms with van der Waals surface area (Å²) in [6.07, 6.45) is 1.77. The number of aryl methyl sites for hydroxylation is 2. The van der Waals surface area contributed by atoms with Gasteiger partial charge in [-0.05, 0) is 42.2 Å². The normalized spacial score (nSPS) is 12.4. The summed E-state index contributed by atoms with van der Waals surface area (Å²) in [4.78, 5) is 4.53. The molecule has 1 N–H and O–H groups in total. The fraction of sp³-hybridized carbons (Fsp3) is 0.462. The van der Waals surface area contributed by atoms with Crippen molar-refractivity contribution in [3.8, 4) is 0 Å². The van der Waals surface area contributed by atoms with Crippen molar-refractivity contribution < 1.29 is 0 Å². The Hall–Kier alpha value is -1.49. The highest BCUT2D eigenvalue weighted by molar-refractivity contribution is 7.07. The average molecular weight is 262 g/mol. The van der Waals surface area contributed by atoms with Gasteiger partial charge >= 0.3 is 0 Å². The second kappa shape index (κ2) is 5.91. The van der Waals surface area contributed by atoms with Crippen molar-refractivity contribution >= 4 is 17.3 Å². The number of aromatic nitrogens is 3. The highest BCUT2D eigenvalue weighted by atomic mass is 32.1. The van der Waals surface area contributed by atoms with Crippen LogP contribution in [0.4, 0.5) is 5.95 Å². The number of hydrogen-bond donors (Lipinski definition) is 1. The Balaban J connectivity index is 2.14. The predicted molar refractivity (Wildman–Crippen MR) is 74.9 cm³/mol. The Kier molecular flexibility index (Phi) is 4.25. The van der Waals surface area contributed by atoms with Crippen molar-refractivity contribution in [1.82, 2.24) is 15.2 Å². The molecule has 4 nitrogen and oxygen atoms in total. The molecular weight excluding hydrogens is 244 g/mol. The molecule has 0 saturated heterocycles. The predicted octanol–water partition coefficient (Wildman–Crippen LogP) is 3.23. The Morgan fingerprint density at radius 2 is 2.00 bits per heavy atom. The summed E-state index contributed by atoms with van der Waals surface area (Å²) < 4.78 is 0. The second-order valence-corrected chi connectivity index (χ2v) is 4.94. The smallest absolute Gasteiger partial charge is 0.243 e. The fourth-order valence-electron chi connectivity index (χ4n) is 1.80. The summed E-state index contributed by atoms with van der Waals surface area (Å²) in [5.41, 5.74) is 3.28. The summed E-state index contributed by atoms with van der Waals surface area (Å²) in [5, 5.41) is 15.9. The number of hydrogen-bond acceptors (Lipinski definition) is 5. The molecule has 18 heavy (non-hydrogen) atoms. The Morgan fingerprint density at radius 3 is 2.61 bits per heavy atom. The third-order valence-electron chi connectivity index (χ3n) is 2.90.